The van der Waals surface area contributed by atoms with Crippen LogP contribution in [0.4, 0.5) is 0 Å². The predicted molar refractivity (Wildman–Crippen MR) is 70.0 cm³/mol. The predicted octanol–water partition coefficient (Wildman–Crippen LogP) is 2.01. The minimum Gasteiger partial charge on any atom is -0.392 e. The van der Waals surface area contributed by atoms with Gasteiger partial charge in [0.1, 0.15) is 0 Å². The molecule has 1 aliphatic rings. The summed E-state index contributed by atoms with van der Waals surface area (Å²) in [7, 11) is -3.47. The minimum atomic E-state index is -3.47. The smallest absolute Gasteiger partial charge is 0.243 e. The Balaban J connectivity index is 2.41. The molecule has 4 nitrogen and oxygen atoms in total. The third-order valence-corrected chi connectivity index (χ3v) is 5.66. The molecule has 1 aromatic carbocycles. The molecule has 0 spiro atoms. The average molecular weight is 290 g/mol. The summed E-state index contributed by atoms with van der Waals surface area (Å²) >= 11 is 5.87. The van der Waals surface area contributed by atoms with Crippen molar-refractivity contribution >= 4 is 21.6 Å². The Bertz CT molecular complexity index is 544. The summed E-state index contributed by atoms with van der Waals surface area (Å²) in [6, 6.07) is 4.48. The Labute approximate surface area is 112 Å². The van der Waals surface area contributed by atoms with Crippen LogP contribution in [0.5, 0.6) is 0 Å². The van der Waals surface area contributed by atoms with E-state index in [9.17, 15) is 8.42 Å². The molecular formula is C12H16ClNO3S. The van der Waals surface area contributed by atoms with E-state index in [1.165, 1.54) is 22.5 Å². The number of halogens is 1. The summed E-state index contributed by atoms with van der Waals surface area (Å²) in [4.78, 5) is 0.199. The molecule has 0 saturated carbocycles. The number of nitrogens with zero attached hydrogens (tertiary/aromatic N) is 1. The molecular weight excluding hydrogens is 274 g/mol. The second kappa shape index (κ2) is 5.17. The molecule has 1 saturated heterocycles. The van der Waals surface area contributed by atoms with E-state index in [2.05, 4.69) is 0 Å². The number of hydrogen-bond donors (Lipinski definition) is 1. The number of aliphatic hydroxyl groups excluding tert-OH is 1. The maximum atomic E-state index is 12.4. The van der Waals surface area contributed by atoms with Crippen molar-refractivity contribution in [1.82, 2.24) is 4.31 Å². The van der Waals surface area contributed by atoms with Gasteiger partial charge in [-0.15, -0.1) is 0 Å². The number of hydrogen-bond acceptors (Lipinski definition) is 3. The lowest BCUT2D eigenvalue weighted by atomic mass is 10.2. The summed E-state index contributed by atoms with van der Waals surface area (Å²) in [6.45, 7) is 2.20. The highest BCUT2D eigenvalue weighted by Gasteiger charge is 2.32. The standard InChI is InChI=1S/C12H16ClNO3S/c1-9-3-2-6-14(9)18(16,17)11-4-5-12(13)10(7-11)8-15/h4-5,7,9,15H,2-3,6,8H2,1H3. The topological polar surface area (TPSA) is 57.6 Å². The van der Waals surface area contributed by atoms with Gasteiger partial charge in [-0.2, -0.15) is 4.31 Å². The van der Waals surface area contributed by atoms with Crippen LogP contribution >= 0.6 is 11.6 Å². The first-order chi connectivity index (χ1) is 8.46. The van der Waals surface area contributed by atoms with Crippen molar-refractivity contribution in [3.8, 4) is 0 Å². The molecule has 0 radical (unpaired) electrons. The van der Waals surface area contributed by atoms with Crippen molar-refractivity contribution in [1.29, 1.82) is 0 Å². The second-order valence-corrected chi connectivity index (χ2v) is 6.82. The molecule has 1 heterocycles. The Morgan fingerprint density at radius 3 is 2.78 bits per heavy atom. The van der Waals surface area contributed by atoms with Crippen LogP contribution in [0.2, 0.25) is 5.02 Å². The molecule has 0 bridgehead atoms. The SMILES string of the molecule is CC1CCCN1S(=O)(=O)c1ccc(Cl)c(CO)c1. The molecule has 0 aliphatic carbocycles. The van der Waals surface area contributed by atoms with Crippen LogP contribution < -0.4 is 0 Å². The van der Waals surface area contributed by atoms with E-state index in [1.807, 2.05) is 6.92 Å². The van der Waals surface area contributed by atoms with Gasteiger partial charge >= 0.3 is 0 Å². The maximum absolute atomic E-state index is 12.4. The van der Waals surface area contributed by atoms with Gasteiger partial charge in [0.15, 0.2) is 0 Å². The monoisotopic (exact) mass is 289 g/mol. The molecule has 1 fully saturated rings. The fourth-order valence-corrected chi connectivity index (χ4v) is 4.16. The minimum absolute atomic E-state index is 0.0308. The average Bonchev–Trinajstić information content (AvgIpc) is 2.76. The summed E-state index contributed by atoms with van der Waals surface area (Å²) in [5.74, 6) is 0. The maximum Gasteiger partial charge on any atom is 0.243 e. The van der Waals surface area contributed by atoms with Gasteiger partial charge in [-0.1, -0.05) is 11.6 Å². The summed E-state index contributed by atoms with van der Waals surface area (Å²) < 4.78 is 26.4. The molecule has 18 heavy (non-hydrogen) atoms. The first-order valence-electron chi connectivity index (χ1n) is 5.88. The Morgan fingerprint density at radius 1 is 1.50 bits per heavy atom. The van der Waals surface area contributed by atoms with Gasteiger partial charge < -0.3 is 5.11 Å². The number of sulfonamides is 1. The second-order valence-electron chi connectivity index (χ2n) is 4.52. The largest absolute Gasteiger partial charge is 0.392 e. The summed E-state index contributed by atoms with van der Waals surface area (Å²) in [6.07, 6.45) is 1.78. The zero-order valence-corrected chi connectivity index (χ0v) is 11.7. The van der Waals surface area contributed by atoms with Crippen LogP contribution in [-0.4, -0.2) is 30.4 Å². The third kappa shape index (κ3) is 2.40. The van der Waals surface area contributed by atoms with Crippen LogP contribution in [0.15, 0.2) is 23.1 Å². The normalized spacial score (nSPS) is 21.4. The fourth-order valence-electron chi connectivity index (χ4n) is 2.23. The van der Waals surface area contributed by atoms with Gasteiger partial charge in [-0.3, -0.25) is 0 Å². The van der Waals surface area contributed by atoms with Crippen LogP contribution in [0.1, 0.15) is 25.3 Å². The van der Waals surface area contributed by atoms with Gasteiger partial charge in [0, 0.05) is 17.6 Å². The highest BCUT2D eigenvalue weighted by Crippen LogP contribution is 2.28. The molecule has 100 valence electrons. The lowest BCUT2D eigenvalue weighted by molar-refractivity contribution is 0.281. The van der Waals surface area contributed by atoms with Gasteiger partial charge in [0.25, 0.3) is 0 Å². The first-order valence-corrected chi connectivity index (χ1v) is 7.69. The van der Waals surface area contributed by atoms with Crippen molar-refractivity contribution in [2.75, 3.05) is 6.54 Å². The first kappa shape index (κ1) is 13.8. The van der Waals surface area contributed by atoms with Gasteiger partial charge in [-0.25, -0.2) is 8.42 Å². The molecule has 1 N–H and O–H groups in total. The zero-order valence-electron chi connectivity index (χ0n) is 10.1. The Kier molecular flexibility index (Phi) is 3.96. The van der Waals surface area contributed by atoms with Gasteiger partial charge in [0.05, 0.1) is 11.5 Å². The number of aliphatic hydroxyl groups is 1. The Hall–Kier alpha value is -0.620. The molecule has 1 aliphatic heterocycles. The highest BCUT2D eigenvalue weighted by molar-refractivity contribution is 7.89. The molecule has 2 rings (SSSR count). The van der Waals surface area contributed by atoms with Crippen molar-refractivity contribution in [2.24, 2.45) is 0 Å². The van der Waals surface area contributed by atoms with Crippen LogP contribution in [0, 0.1) is 0 Å². The fraction of sp³-hybridized carbons (Fsp3) is 0.500. The molecule has 1 unspecified atom stereocenters. The zero-order chi connectivity index (χ0) is 13.3. The lowest BCUT2D eigenvalue weighted by Gasteiger charge is -2.21. The van der Waals surface area contributed by atoms with Gasteiger partial charge in [-0.05, 0) is 43.5 Å². The quantitative estimate of drug-likeness (QED) is 0.926. The number of rotatable bonds is 3. The molecule has 1 aromatic rings. The summed E-state index contributed by atoms with van der Waals surface area (Å²) in [5, 5.41) is 9.51. The van der Waals surface area contributed by atoms with E-state index in [0.29, 0.717) is 17.1 Å². The van der Waals surface area contributed by atoms with E-state index in [0.717, 1.165) is 12.8 Å². The molecule has 0 amide bonds. The van der Waals surface area contributed by atoms with E-state index in [4.69, 9.17) is 16.7 Å². The van der Waals surface area contributed by atoms with Crippen LogP contribution in [0.3, 0.4) is 0 Å². The van der Waals surface area contributed by atoms with E-state index in [-0.39, 0.29) is 17.5 Å². The lowest BCUT2D eigenvalue weighted by Crippen LogP contribution is -2.33. The van der Waals surface area contributed by atoms with Crippen molar-refractivity contribution < 1.29 is 13.5 Å². The van der Waals surface area contributed by atoms with Crippen LogP contribution in [-0.2, 0) is 16.6 Å². The van der Waals surface area contributed by atoms with Crippen molar-refractivity contribution in [3.05, 3.63) is 28.8 Å². The Morgan fingerprint density at radius 2 is 2.22 bits per heavy atom. The highest BCUT2D eigenvalue weighted by atomic mass is 35.5. The molecule has 6 heteroatoms. The third-order valence-electron chi connectivity index (χ3n) is 3.29. The van der Waals surface area contributed by atoms with E-state index >= 15 is 0 Å². The molecule has 1 atom stereocenters. The summed E-state index contributed by atoms with van der Waals surface area (Å²) in [5.41, 5.74) is 0.435. The number of benzene rings is 1. The van der Waals surface area contributed by atoms with Gasteiger partial charge in [0.2, 0.25) is 10.0 Å². The van der Waals surface area contributed by atoms with E-state index < -0.39 is 10.0 Å². The van der Waals surface area contributed by atoms with Crippen molar-refractivity contribution in [2.45, 2.75) is 37.3 Å². The van der Waals surface area contributed by atoms with Crippen molar-refractivity contribution in [3.63, 3.8) is 0 Å². The van der Waals surface area contributed by atoms with E-state index in [1.54, 1.807) is 0 Å². The molecule has 0 aromatic heterocycles. The van der Waals surface area contributed by atoms with Crippen LogP contribution in [0.25, 0.3) is 0 Å².